The molecule has 1 aromatic carbocycles. The number of aromatic nitrogens is 3. The van der Waals surface area contributed by atoms with E-state index in [0.29, 0.717) is 23.5 Å². The maximum absolute atomic E-state index is 13.4. The third kappa shape index (κ3) is 2.69. The number of hydrogen-bond acceptors (Lipinski definition) is 4. The number of nitro benzene ring substituents is 1. The molecule has 20 heavy (non-hydrogen) atoms. The molecule has 0 radical (unpaired) electrons. The van der Waals surface area contributed by atoms with Crippen molar-refractivity contribution in [3.8, 4) is 11.4 Å². The Morgan fingerprint density at radius 1 is 1.45 bits per heavy atom. The maximum Gasteiger partial charge on any atom is 0.280 e. The minimum absolute atomic E-state index is 0.142. The van der Waals surface area contributed by atoms with Crippen molar-refractivity contribution in [2.24, 2.45) is 0 Å². The zero-order chi connectivity index (χ0) is 14.7. The van der Waals surface area contributed by atoms with Gasteiger partial charge in [0.25, 0.3) is 5.69 Å². The molecule has 0 saturated carbocycles. The smallest absolute Gasteiger partial charge is 0.280 e. The summed E-state index contributed by atoms with van der Waals surface area (Å²) in [6, 6.07) is 3.32. The number of hydrogen-bond donors (Lipinski definition) is 0. The van der Waals surface area contributed by atoms with E-state index in [9.17, 15) is 14.5 Å². The van der Waals surface area contributed by atoms with E-state index in [2.05, 4.69) is 26.1 Å². The second-order valence-corrected chi connectivity index (χ2v) is 4.70. The predicted molar refractivity (Wildman–Crippen MR) is 75.0 cm³/mol. The second kappa shape index (κ2) is 6.08. The van der Waals surface area contributed by atoms with Crippen molar-refractivity contribution in [3.05, 3.63) is 40.0 Å². The molecule has 0 aliphatic carbocycles. The quantitative estimate of drug-likeness (QED) is 0.474. The maximum atomic E-state index is 13.4. The lowest BCUT2D eigenvalue weighted by Crippen LogP contribution is -2.05. The fraction of sp³-hybridized carbons (Fsp3) is 0.333. The van der Waals surface area contributed by atoms with Crippen LogP contribution in [0.4, 0.5) is 10.1 Å². The van der Waals surface area contributed by atoms with E-state index in [4.69, 9.17) is 0 Å². The van der Waals surface area contributed by atoms with Gasteiger partial charge in [-0.3, -0.25) is 10.1 Å². The van der Waals surface area contributed by atoms with Gasteiger partial charge in [-0.1, -0.05) is 22.9 Å². The number of alkyl halides is 1. The van der Waals surface area contributed by atoms with Gasteiger partial charge in [0.15, 0.2) is 5.82 Å². The number of nitro groups is 1. The molecule has 0 amide bonds. The number of nitrogens with zero attached hydrogens (tertiary/aromatic N) is 4. The lowest BCUT2D eigenvalue weighted by molar-refractivity contribution is -0.384. The molecular formula is C12H12BrFN4O2. The molecule has 0 spiro atoms. The van der Waals surface area contributed by atoms with Crippen molar-refractivity contribution >= 4 is 21.6 Å². The zero-order valence-corrected chi connectivity index (χ0v) is 12.3. The Morgan fingerprint density at radius 2 is 2.20 bits per heavy atom. The van der Waals surface area contributed by atoms with Crippen molar-refractivity contribution in [1.29, 1.82) is 0 Å². The fourth-order valence-corrected chi connectivity index (χ4v) is 2.35. The van der Waals surface area contributed by atoms with Crippen LogP contribution < -0.4 is 0 Å². The first kappa shape index (κ1) is 14.6. The minimum Gasteiger partial charge on any atom is -0.310 e. The standard InChI is InChI=1S/C12H12BrFN4O2/c1-2-5-17-11(7-13)15-16-12(17)9-6-8(14)3-4-10(9)18(19)20/h3-4,6H,2,5,7H2,1H3. The molecule has 2 rings (SSSR count). The summed E-state index contributed by atoms with van der Waals surface area (Å²) < 4.78 is 15.2. The van der Waals surface area contributed by atoms with E-state index >= 15 is 0 Å². The van der Waals surface area contributed by atoms with Crippen LogP contribution >= 0.6 is 15.9 Å². The van der Waals surface area contributed by atoms with E-state index in [0.717, 1.165) is 24.6 Å². The highest BCUT2D eigenvalue weighted by molar-refractivity contribution is 9.08. The molecule has 8 heteroatoms. The van der Waals surface area contributed by atoms with Gasteiger partial charge in [-0.2, -0.15) is 0 Å². The first-order valence-electron chi connectivity index (χ1n) is 6.00. The van der Waals surface area contributed by atoms with E-state index < -0.39 is 10.7 Å². The van der Waals surface area contributed by atoms with Crippen LogP contribution in [-0.2, 0) is 11.9 Å². The van der Waals surface area contributed by atoms with Crippen LogP contribution in [0.2, 0.25) is 0 Å². The number of rotatable bonds is 5. The van der Waals surface area contributed by atoms with Crippen LogP contribution in [0.25, 0.3) is 11.4 Å². The Balaban J connectivity index is 2.64. The molecule has 0 aliphatic heterocycles. The average Bonchev–Trinajstić information content (AvgIpc) is 2.81. The molecule has 0 N–H and O–H groups in total. The lowest BCUT2D eigenvalue weighted by Gasteiger charge is -2.08. The van der Waals surface area contributed by atoms with Crippen LogP contribution in [0.15, 0.2) is 18.2 Å². The molecule has 2 aromatic rings. The van der Waals surface area contributed by atoms with Crippen molar-refractivity contribution < 1.29 is 9.31 Å². The van der Waals surface area contributed by atoms with Crippen molar-refractivity contribution in [2.45, 2.75) is 25.2 Å². The molecule has 6 nitrogen and oxygen atoms in total. The highest BCUT2D eigenvalue weighted by Gasteiger charge is 2.22. The summed E-state index contributed by atoms with van der Waals surface area (Å²) in [7, 11) is 0. The fourth-order valence-electron chi connectivity index (χ4n) is 1.94. The van der Waals surface area contributed by atoms with Gasteiger partial charge >= 0.3 is 0 Å². The first-order chi connectivity index (χ1) is 9.58. The Bertz CT molecular complexity index is 644. The SMILES string of the molecule is CCCn1c(CBr)nnc1-c1cc(F)ccc1[N+](=O)[O-]. The van der Waals surface area contributed by atoms with Crippen LogP contribution in [0, 0.1) is 15.9 Å². The molecule has 0 fully saturated rings. The third-order valence-electron chi connectivity index (χ3n) is 2.79. The average molecular weight is 343 g/mol. The molecule has 0 bridgehead atoms. The summed E-state index contributed by atoms with van der Waals surface area (Å²) in [6.45, 7) is 2.58. The van der Waals surface area contributed by atoms with Gasteiger partial charge in [-0.05, 0) is 18.6 Å². The highest BCUT2D eigenvalue weighted by Crippen LogP contribution is 2.30. The molecule has 0 atom stereocenters. The van der Waals surface area contributed by atoms with Crippen LogP contribution in [-0.4, -0.2) is 19.7 Å². The molecule has 0 aliphatic rings. The molecular weight excluding hydrogens is 331 g/mol. The largest absolute Gasteiger partial charge is 0.310 e. The topological polar surface area (TPSA) is 73.8 Å². The predicted octanol–water partition coefficient (Wildman–Crippen LogP) is 3.30. The van der Waals surface area contributed by atoms with Gasteiger partial charge in [0.1, 0.15) is 11.6 Å². The lowest BCUT2D eigenvalue weighted by atomic mass is 10.1. The Morgan fingerprint density at radius 3 is 2.80 bits per heavy atom. The Labute approximate surface area is 122 Å². The van der Waals surface area contributed by atoms with Crippen molar-refractivity contribution in [1.82, 2.24) is 14.8 Å². The monoisotopic (exact) mass is 342 g/mol. The van der Waals surface area contributed by atoms with E-state index in [1.54, 1.807) is 4.57 Å². The summed E-state index contributed by atoms with van der Waals surface area (Å²) >= 11 is 3.29. The molecule has 1 aromatic heterocycles. The van der Waals surface area contributed by atoms with Gasteiger partial charge in [0.05, 0.1) is 15.8 Å². The van der Waals surface area contributed by atoms with Gasteiger partial charge in [0.2, 0.25) is 0 Å². The van der Waals surface area contributed by atoms with Crippen molar-refractivity contribution in [3.63, 3.8) is 0 Å². The Kier molecular flexibility index (Phi) is 4.43. The van der Waals surface area contributed by atoms with Crippen LogP contribution in [0.1, 0.15) is 19.2 Å². The summed E-state index contributed by atoms with van der Waals surface area (Å²) in [5.74, 6) is 0.421. The summed E-state index contributed by atoms with van der Waals surface area (Å²) in [6.07, 6.45) is 0.814. The van der Waals surface area contributed by atoms with E-state index in [1.807, 2.05) is 6.92 Å². The second-order valence-electron chi connectivity index (χ2n) is 4.14. The van der Waals surface area contributed by atoms with Crippen molar-refractivity contribution in [2.75, 3.05) is 0 Å². The van der Waals surface area contributed by atoms with Crippen LogP contribution in [0.5, 0.6) is 0 Å². The van der Waals surface area contributed by atoms with Gasteiger partial charge in [-0.15, -0.1) is 10.2 Å². The highest BCUT2D eigenvalue weighted by atomic mass is 79.9. The van der Waals surface area contributed by atoms with Gasteiger partial charge in [-0.25, -0.2) is 4.39 Å². The molecule has 1 heterocycles. The summed E-state index contributed by atoms with van der Waals surface area (Å²) in [5.41, 5.74) is -0.0413. The normalized spacial score (nSPS) is 10.8. The molecule has 0 saturated heterocycles. The Hall–Kier alpha value is -1.83. The zero-order valence-electron chi connectivity index (χ0n) is 10.7. The molecule has 106 valence electrons. The van der Waals surface area contributed by atoms with Crippen LogP contribution in [0.3, 0.4) is 0 Å². The van der Waals surface area contributed by atoms with Gasteiger partial charge in [0, 0.05) is 12.6 Å². The third-order valence-corrected chi connectivity index (χ3v) is 3.29. The summed E-state index contributed by atoms with van der Waals surface area (Å²) in [5, 5.41) is 19.5. The van der Waals surface area contributed by atoms with E-state index in [-0.39, 0.29) is 11.3 Å². The van der Waals surface area contributed by atoms with Gasteiger partial charge < -0.3 is 4.57 Å². The van der Waals surface area contributed by atoms with E-state index in [1.165, 1.54) is 0 Å². The summed E-state index contributed by atoms with van der Waals surface area (Å²) in [4.78, 5) is 10.5. The minimum atomic E-state index is -0.548. The first-order valence-corrected chi connectivity index (χ1v) is 7.13. The number of halogens is 2. The molecule has 0 unspecified atom stereocenters. The number of benzene rings is 1.